The van der Waals surface area contributed by atoms with E-state index in [1.807, 2.05) is 6.92 Å². The van der Waals surface area contributed by atoms with Crippen molar-refractivity contribution in [1.29, 1.82) is 0 Å². The van der Waals surface area contributed by atoms with Crippen molar-refractivity contribution in [3.05, 3.63) is 56.5 Å². The Balaban J connectivity index is 2.41. The van der Waals surface area contributed by atoms with E-state index in [0.717, 1.165) is 12.1 Å². The minimum absolute atomic E-state index is 0.114. The molecule has 0 radical (unpaired) electrons. The molecule has 0 bridgehead atoms. The zero-order valence-corrected chi connectivity index (χ0v) is 11.9. The molecule has 1 unspecified atom stereocenters. The maximum atomic E-state index is 14.0. The SMILES string of the molecule is CCNC(c1csc(C)c1)c1ccc(Cl)cc1F. The molecule has 4 heteroatoms. The van der Waals surface area contributed by atoms with Crippen LogP contribution in [0.1, 0.15) is 29.0 Å². The Morgan fingerprint density at radius 3 is 2.72 bits per heavy atom. The molecular weight excluding hydrogens is 269 g/mol. The Kier molecular flexibility index (Phi) is 4.38. The van der Waals surface area contributed by atoms with Gasteiger partial charge in [0.15, 0.2) is 0 Å². The van der Waals surface area contributed by atoms with Crippen molar-refractivity contribution >= 4 is 22.9 Å². The van der Waals surface area contributed by atoms with Crippen molar-refractivity contribution in [1.82, 2.24) is 5.32 Å². The normalized spacial score (nSPS) is 12.7. The van der Waals surface area contributed by atoms with Crippen LogP contribution in [0.4, 0.5) is 4.39 Å². The topological polar surface area (TPSA) is 12.0 Å². The lowest BCUT2D eigenvalue weighted by atomic mass is 10.0. The zero-order valence-electron chi connectivity index (χ0n) is 10.3. The number of hydrogen-bond acceptors (Lipinski definition) is 2. The van der Waals surface area contributed by atoms with E-state index in [1.165, 1.54) is 10.9 Å². The number of hydrogen-bond donors (Lipinski definition) is 1. The standard InChI is InChI=1S/C14H15ClFNS/c1-3-17-14(10-6-9(2)18-8-10)12-5-4-11(15)7-13(12)16/h4-8,14,17H,3H2,1-2H3. The molecule has 1 atom stereocenters. The monoisotopic (exact) mass is 283 g/mol. The quantitative estimate of drug-likeness (QED) is 0.868. The molecule has 1 aromatic carbocycles. The summed E-state index contributed by atoms with van der Waals surface area (Å²) in [7, 11) is 0. The number of aryl methyl sites for hydroxylation is 1. The third kappa shape index (κ3) is 2.91. The van der Waals surface area contributed by atoms with E-state index in [1.54, 1.807) is 23.5 Å². The fourth-order valence-electron chi connectivity index (χ4n) is 1.96. The molecule has 0 aliphatic rings. The van der Waals surface area contributed by atoms with Crippen LogP contribution in [0.15, 0.2) is 29.6 Å². The molecule has 1 aromatic heterocycles. The van der Waals surface area contributed by atoms with E-state index < -0.39 is 0 Å². The van der Waals surface area contributed by atoms with E-state index in [-0.39, 0.29) is 11.9 Å². The van der Waals surface area contributed by atoms with Crippen molar-refractivity contribution < 1.29 is 4.39 Å². The highest BCUT2D eigenvalue weighted by molar-refractivity contribution is 7.10. The van der Waals surface area contributed by atoms with Crippen LogP contribution in [0.25, 0.3) is 0 Å². The predicted octanol–water partition coefficient (Wildman–Crippen LogP) is 4.55. The fourth-order valence-corrected chi connectivity index (χ4v) is 2.85. The van der Waals surface area contributed by atoms with Gasteiger partial charge in [0.2, 0.25) is 0 Å². The highest BCUT2D eigenvalue weighted by Crippen LogP contribution is 2.29. The van der Waals surface area contributed by atoms with Gasteiger partial charge in [-0.1, -0.05) is 24.6 Å². The molecule has 18 heavy (non-hydrogen) atoms. The molecule has 0 spiro atoms. The number of benzene rings is 1. The summed E-state index contributed by atoms with van der Waals surface area (Å²) < 4.78 is 14.0. The maximum Gasteiger partial charge on any atom is 0.129 e. The smallest absolute Gasteiger partial charge is 0.129 e. The highest BCUT2D eigenvalue weighted by Gasteiger charge is 2.18. The van der Waals surface area contributed by atoms with Crippen LogP contribution < -0.4 is 5.32 Å². The summed E-state index contributed by atoms with van der Waals surface area (Å²) in [5.41, 5.74) is 1.74. The van der Waals surface area contributed by atoms with Crippen molar-refractivity contribution in [2.24, 2.45) is 0 Å². The average molecular weight is 284 g/mol. The molecule has 0 amide bonds. The van der Waals surface area contributed by atoms with Gasteiger partial charge in [0.25, 0.3) is 0 Å². The molecule has 1 heterocycles. The number of thiophene rings is 1. The van der Waals surface area contributed by atoms with Crippen molar-refractivity contribution in [3.8, 4) is 0 Å². The van der Waals surface area contributed by atoms with Crippen LogP contribution in [-0.4, -0.2) is 6.54 Å². The van der Waals surface area contributed by atoms with Crippen LogP contribution in [0.3, 0.4) is 0 Å². The van der Waals surface area contributed by atoms with Gasteiger partial charge in [-0.15, -0.1) is 11.3 Å². The minimum Gasteiger partial charge on any atom is -0.306 e. The van der Waals surface area contributed by atoms with Crippen molar-refractivity contribution in [2.45, 2.75) is 19.9 Å². The van der Waals surface area contributed by atoms with E-state index in [9.17, 15) is 4.39 Å². The van der Waals surface area contributed by atoms with Crippen LogP contribution in [0.5, 0.6) is 0 Å². The third-order valence-corrected chi connectivity index (χ3v) is 3.88. The lowest BCUT2D eigenvalue weighted by Crippen LogP contribution is -2.22. The van der Waals surface area contributed by atoms with Crippen LogP contribution in [0, 0.1) is 12.7 Å². The molecule has 0 aliphatic heterocycles. The van der Waals surface area contributed by atoms with E-state index in [4.69, 9.17) is 11.6 Å². The Hall–Kier alpha value is -0.900. The molecule has 0 saturated carbocycles. The molecule has 2 rings (SSSR count). The first-order valence-electron chi connectivity index (χ1n) is 5.85. The van der Waals surface area contributed by atoms with Gasteiger partial charge < -0.3 is 5.32 Å². The zero-order chi connectivity index (χ0) is 13.1. The summed E-state index contributed by atoms with van der Waals surface area (Å²) in [5, 5.41) is 5.80. The fraction of sp³-hybridized carbons (Fsp3) is 0.286. The molecule has 2 aromatic rings. The average Bonchev–Trinajstić information content (AvgIpc) is 2.73. The number of nitrogens with one attached hydrogen (secondary N) is 1. The van der Waals surface area contributed by atoms with Gasteiger partial charge in [-0.3, -0.25) is 0 Å². The summed E-state index contributed by atoms with van der Waals surface area (Å²) >= 11 is 7.46. The number of halogens is 2. The Labute approximate surface area is 116 Å². The Morgan fingerprint density at radius 2 is 2.17 bits per heavy atom. The molecule has 0 aliphatic carbocycles. The van der Waals surface area contributed by atoms with Crippen LogP contribution >= 0.6 is 22.9 Å². The Morgan fingerprint density at radius 1 is 1.39 bits per heavy atom. The first-order valence-corrected chi connectivity index (χ1v) is 7.11. The second kappa shape index (κ2) is 5.83. The second-order valence-corrected chi connectivity index (χ2v) is 5.70. The first kappa shape index (κ1) is 13.5. The van der Waals surface area contributed by atoms with Gasteiger partial charge >= 0.3 is 0 Å². The predicted molar refractivity (Wildman–Crippen MR) is 76.0 cm³/mol. The maximum absolute atomic E-state index is 14.0. The lowest BCUT2D eigenvalue weighted by molar-refractivity contribution is 0.560. The summed E-state index contributed by atoms with van der Waals surface area (Å²) in [6.45, 7) is 4.84. The highest BCUT2D eigenvalue weighted by atomic mass is 35.5. The summed E-state index contributed by atoms with van der Waals surface area (Å²) in [6, 6.07) is 6.81. The number of rotatable bonds is 4. The summed E-state index contributed by atoms with van der Waals surface area (Å²) in [5.74, 6) is -0.266. The van der Waals surface area contributed by atoms with Gasteiger partial charge in [-0.2, -0.15) is 0 Å². The summed E-state index contributed by atoms with van der Waals surface area (Å²) in [6.07, 6.45) is 0. The molecule has 0 saturated heterocycles. The van der Waals surface area contributed by atoms with Gasteiger partial charge in [0, 0.05) is 15.5 Å². The molecule has 96 valence electrons. The first-order chi connectivity index (χ1) is 8.61. The Bertz CT molecular complexity index is 538. The van der Waals surface area contributed by atoms with Gasteiger partial charge in [0.1, 0.15) is 5.82 Å². The van der Waals surface area contributed by atoms with Crippen molar-refractivity contribution in [3.63, 3.8) is 0 Å². The van der Waals surface area contributed by atoms with E-state index in [0.29, 0.717) is 10.6 Å². The van der Waals surface area contributed by atoms with Crippen LogP contribution in [0.2, 0.25) is 5.02 Å². The third-order valence-electron chi connectivity index (χ3n) is 2.77. The largest absolute Gasteiger partial charge is 0.306 e. The minimum atomic E-state index is -0.266. The summed E-state index contributed by atoms with van der Waals surface area (Å²) in [4.78, 5) is 1.22. The lowest BCUT2D eigenvalue weighted by Gasteiger charge is -2.18. The van der Waals surface area contributed by atoms with Gasteiger partial charge in [0.05, 0.1) is 6.04 Å². The molecular formula is C14H15ClFNS. The second-order valence-electron chi connectivity index (χ2n) is 4.15. The van der Waals surface area contributed by atoms with E-state index in [2.05, 4.69) is 23.7 Å². The van der Waals surface area contributed by atoms with Crippen LogP contribution in [-0.2, 0) is 0 Å². The van der Waals surface area contributed by atoms with Crippen molar-refractivity contribution in [2.75, 3.05) is 6.54 Å². The molecule has 1 nitrogen and oxygen atoms in total. The van der Waals surface area contributed by atoms with Gasteiger partial charge in [-0.25, -0.2) is 4.39 Å². The molecule has 0 fully saturated rings. The molecule has 1 N–H and O–H groups in total. The van der Waals surface area contributed by atoms with E-state index >= 15 is 0 Å². The van der Waals surface area contributed by atoms with Gasteiger partial charge in [-0.05, 0) is 42.6 Å².